The van der Waals surface area contributed by atoms with Gasteiger partial charge in [-0.05, 0) is 64.8 Å². The molecule has 0 bridgehead atoms. The van der Waals surface area contributed by atoms with Gasteiger partial charge in [0.25, 0.3) is 0 Å². The number of ketones is 1. The molecule has 2 N–H and O–H groups in total. The van der Waals surface area contributed by atoms with Crippen LogP contribution in [0.4, 0.5) is 10.1 Å². The Morgan fingerprint density at radius 2 is 1.89 bits per heavy atom. The van der Waals surface area contributed by atoms with E-state index in [2.05, 4.69) is 15.9 Å². The lowest BCUT2D eigenvalue weighted by Crippen LogP contribution is -2.03. The molecule has 0 amide bonds. The van der Waals surface area contributed by atoms with Gasteiger partial charge in [-0.15, -0.1) is 0 Å². The molecule has 0 atom stereocenters. The number of hydrogen-bond acceptors (Lipinski definition) is 2. The summed E-state index contributed by atoms with van der Waals surface area (Å²) in [5, 5.41) is 0. The average Bonchev–Trinajstić information content (AvgIpc) is 2.30. The molecule has 0 spiro atoms. The molecule has 2 rings (SSSR count). The number of rotatable bonds is 2. The quantitative estimate of drug-likeness (QED) is 0.679. The first-order valence-electron chi connectivity index (χ1n) is 5.34. The topological polar surface area (TPSA) is 43.1 Å². The number of nitrogen functional groups attached to an aromatic ring is 1. The molecule has 0 aromatic heterocycles. The normalized spacial score (nSPS) is 10.4. The summed E-state index contributed by atoms with van der Waals surface area (Å²) in [5.74, 6) is -0.568. The first-order chi connectivity index (χ1) is 8.47. The smallest absolute Gasteiger partial charge is 0.193 e. The molecule has 0 aliphatic heterocycles. The van der Waals surface area contributed by atoms with E-state index in [-0.39, 0.29) is 10.3 Å². The van der Waals surface area contributed by atoms with Gasteiger partial charge in [0.2, 0.25) is 0 Å². The van der Waals surface area contributed by atoms with E-state index in [9.17, 15) is 9.18 Å². The lowest BCUT2D eigenvalue weighted by Gasteiger charge is -2.05. The Kier molecular flexibility index (Phi) is 3.48. The Hall–Kier alpha value is -1.68. The molecular formula is C14H11BrFNO. The van der Waals surface area contributed by atoms with Gasteiger partial charge in [0.1, 0.15) is 5.82 Å². The SMILES string of the molecule is Cc1cc(N)cc(C(=O)c2ccc(F)c(Br)c2)c1. The van der Waals surface area contributed by atoms with E-state index in [1.54, 1.807) is 18.2 Å². The molecule has 18 heavy (non-hydrogen) atoms. The summed E-state index contributed by atoms with van der Waals surface area (Å²) in [6.07, 6.45) is 0. The van der Waals surface area contributed by atoms with Gasteiger partial charge >= 0.3 is 0 Å². The lowest BCUT2D eigenvalue weighted by atomic mass is 10.0. The van der Waals surface area contributed by atoms with Gasteiger partial charge in [-0.2, -0.15) is 0 Å². The molecule has 0 heterocycles. The molecule has 2 aromatic rings. The van der Waals surface area contributed by atoms with Gasteiger partial charge in [-0.1, -0.05) is 0 Å². The van der Waals surface area contributed by atoms with Crippen LogP contribution in [0.2, 0.25) is 0 Å². The van der Waals surface area contributed by atoms with Crippen molar-refractivity contribution in [3.8, 4) is 0 Å². The molecule has 0 unspecified atom stereocenters. The van der Waals surface area contributed by atoms with Crippen molar-refractivity contribution in [3.63, 3.8) is 0 Å². The maximum atomic E-state index is 13.1. The van der Waals surface area contributed by atoms with Crippen molar-refractivity contribution in [1.29, 1.82) is 0 Å². The predicted molar refractivity (Wildman–Crippen MR) is 73.1 cm³/mol. The summed E-state index contributed by atoms with van der Waals surface area (Å²) >= 11 is 3.06. The highest BCUT2D eigenvalue weighted by Crippen LogP contribution is 2.20. The van der Waals surface area contributed by atoms with Crippen LogP contribution in [0.5, 0.6) is 0 Å². The van der Waals surface area contributed by atoms with Crippen LogP contribution in [-0.2, 0) is 0 Å². The summed E-state index contributed by atoms with van der Waals surface area (Å²) in [5.41, 5.74) is 8.10. The molecule has 2 nitrogen and oxygen atoms in total. The maximum Gasteiger partial charge on any atom is 0.193 e. The molecule has 2 aromatic carbocycles. The minimum atomic E-state index is -0.393. The van der Waals surface area contributed by atoms with E-state index in [1.165, 1.54) is 18.2 Å². The summed E-state index contributed by atoms with van der Waals surface area (Å²) in [4.78, 5) is 12.2. The second-order valence-electron chi connectivity index (χ2n) is 4.09. The molecular weight excluding hydrogens is 297 g/mol. The summed E-state index contributed by atoms with van der Waals surface area (Å²) < 4.78 is 13.4. The number of carbonyl (C=O) groups is 1. The van der Waals surface area contributed by atoms with E-state index in [0.717, 1.165) is 5.56 Å². The van der Waals surface area contributed by atoms with Gasteiger partial charge in [0.05, 0.1) is 4.47 Å². The van der Waals surface area contributed by atoms with Crippen LogP contribution in [0.1, 0.15) is 21.5 Å². The van der Waals surface area contributed by atoms with Crippen LogP contribution >= 0.6 is 15.9 Å². The van der Waals surface area contributed by atoms with E-state index in [4.69, 9.17) is 5.73 Å². The number of hydrogen-bond donors (Lipinski definition) is 1. The fourth-order valence-electron chi connectivity index (χ4n) is 1.75. The van der Waals surface area contributed by atoms with Crippen molar-refractivity contribution in [2.75, 3.05) is 5.73 Å². The molecule has 0 aliphatic carbocycles. The first-order valence-corrected chi connectivity index (χ1v) is 6.13. The van der Waals surface area contributed by atoms with Crippen molar-refractivity contribution >= 4 is 27.4 Å². The minimum Gasteiger partial charge on any atom is -0.399 e. The maximum absolute atomic E-state index is 13.1. The zero-order valence-electron chi connectivity index (χ0n) is 9.71. The van der Waals surface area contributed by atoms with Crippen LogP contribution in [0.15, 0.2) is 40.9 Å². The molecule has 92 valence electrons. The Morgan fingerprint density at radius 1 is 1.17 bits per heavy atom. The van der Waals surface area contributed by atoms with Gasteiger partial charge in [-0.3, -0.25) is 4.79 Å². The molecule has 0 saturated carbocycles. The number of aryl methyl sites for hydroxylation is 1. The number of carbonyl (C=O) groups excluding carboxylic acids is 1. The van der Waals surface area contributed by atoms with Gasteiger partial charge < -0.3 is 5.73 Å². The third-order valence-corrected chi connectivity index (χ3v) is 3.15. The fourth-order valence-corrected chi connectivity index (χ4v) is 2.13. The van der Waals surface area contributed by atoms with E-state index in [1.807, 2.05) is 6.92 Å². The van der Waals surface area contributed by atoms with Gasteiger partial charge in [0.15, 0.2) is 5.78 Å². The van der Waals surface area contributed by atoms with Crippen molar-refractivity contribution in [2.24, 2.45) is 0 Å². The number of benzene rings is 2. The van der Waals surface area contributed by atoms with Crippen LogP contribution in [0.3, 0.4) is 0 Å². The summed E-state index contributed by atoms with van der Waals surface area (Å²) in [7, 11) is 0. The largest absolute Gasteiger partial charge is 0.399 e. The summed E-state index contributed by atoms with van der Waals surface area (Å²) in [6, 6.07) is 9.35. The van der Waals surface area contributed by atoms with Crippen molar-refractivity contribution < 1.29 is 9.18 Å². The van der Waals surface area contributed by atoms with Crippen molar-refractivity contribution in [1.82, 2.24) is 0 Å². The van der Waals surface area contributed by atoms with Crippen molar-refractivity contribution in [3.05, 3.63) is 63.4 Å². The van der Waals surface area contributed by atoms with E-state index in [0.29, 0.717) is 16.8 Å². The van der Waals surface area contributed by atoms with Crippen LogP contribution < -0.4 is 5.73 Å². The first kappa shape index (κ1) is 12.8. The molecule has 0 fully saturated rings. The minimum absolute atomic E-state index is 0.175. The summed E-state index contributed by atoms with van der Waals surface area (Å²) in [6.45, 7) is 1.87. The highest BCUT2D eigenvalue weighted by atomic mass is 79.9. The highest BCUT2D eigenvalue weighted by Gasteiger charge is 2.12. The Bertz CT molecular complexity index is 605. The number of anilines is 1. The van der Waals surface area contributed by atoms with Gasteiger partial charge in [0, 0.05) is 16.8 Å². The number of nitrogens with two attached hydrogens (primary N) is 1. The standard InChI is InChI=1S/C14H11BrFNO/c1-8-4-10(6-11(17)5-8)14(18)9-2-3-13(16)12(15)7-9/h2-7H,17H2,1H3. The van der Waals surface area contributed by atoms with Crippen LogP contribution in [-0.4, -0.2) is 5.78 Å². The zero-order valence-corrected chi connectivity index (χ0v) is 11.3. The fraction of sp³-hybridized carbons (Fsp3) is 0.0714. The highest BCUT2D eigenvalue weighted by molar-refractivity contribution is 9.10. The zero-order chi connectivity index (χ0) is 13.3. The number of halogens is 2. The Labute approximate surface area is 113 Å². The van der Waals surface area contributed by atoms with Crippen molar-refractivity contribution in [2.45, 2.75) is 6.92 Å². The average molecular weight is 308 g/mol. The van der Waals surface area contributed by atoms with Crippen LogP contribution in [0, 0.1) is 12.7 Å². The lowest BCUT2D eigenvalue weighted by molar-refractivity contribution is 0.103. The van der Waals surface area contributed by atoms with E-state index < -0.39 is 5.82 Å². The third-order valence-electron chi connectivity index (χ3n) is 2.54. The van der Waals surface area contributed by atoms with E-state index >= 15 is 0 Å². The molecule has 0 aliphatic rings. The second-order valence-corrected chi connectivity index (χ2v) is 4.94. The monoisotopic (exact) mass is 307 g/mol. The molecule has 4 heteroatoms. The predicted octanol–water partition coefficient (Wildman–Crippen LogP) is 3.71. The Balaban J connectivity index is 2.44. The van der Waals surface area contributed by atoms with Crippen LogP contribution in [0.25, 0.3) is 0 Å². The van der Waals surface area contributed by atoms with Gasteiger partial charge in [-0.25, -0.2) is 4.39 Å². The second kappa shape index (κ2) is 4.90. The molecule has 0 saturated heterocycles. The Morgan fingerprint density at radius 3 is 2.50 bits per heavy atom. The third kappa shape index (κ3) is 2.59. The molecule has 0 radical (unpaired) electrons.